The van der Waals surface area contributed by atoms with Crippen LogP contribution in [-0.2, 0) is 4.79 Å². The predicted molar refractivity (Wildman–Crippen MR) is 98.5 cm³/mol. The minimum absolute atomic E-state index is 0.249. The van der Waals surface area contributed by atoms with Gasteiger partial charge in [0.1, 0.15) is 5.82 Å². The number of rotatable bonds is 6. The summed E-state index contributed by atoms with van der Waals surface area (Å²) in [7, 11) is 1.58. The number of anilines is 1. The number of amides is 1. The van der Waals surface area contributed by atoms with Gasteiger partial charge in [0.25, 0.3) is 0 Å². The highest BCUT2D eigenvalue weighted by molar-refractivity contribution is 9.10. The van der Waals surface area contributed by atoms with Crippen molar-refractivity contribution < 1.29 is 14.3 Å². The largest absolute Gasteiger partial charge is 0.493 e. The molecule has 0 aliphatic heterocycles. The first-order valence-corrected chi connectivity index (χ1v) is 8.24. The Hall–Kier alpha value is -2.34. The van der Waals surface area contributed by atoms with Gasteiger partial charge in [0, 0.05) is 16.7 Å². The molecule has 0 spiro atoms. The van der Waals surface area contributed by atoms with Gasteiger partial charge in [-0.25, -0.2) is 4.98 Å². The molecule has 0 aliphatic carbocycles. The van der Waals surface area contributed by atoms with Crippen LogP contribution in [0.4, 0.5) is 5.82 Å². The van der Waals surface area contributed by atoms with Crippen LogP contribution in [-0.4, -0.2) is 24.6 Å². The number of nitrogens with one attached hydrogen (secondary N) is 1. The Bertz CT molecular complexity index is 760. The van der Waals surface area contributed by atoms with Crippen molar-refractivity contribution in [3.63, 3.8) is 0 Å². The van der Waals surface area contributed by atoms with Crippen molar-refractivity contribution >= 4 is 33.7 Å². The summed E-state index contributed by atoms with van der Waals surface area (Å²) in [6.45, 7) is 4.36. The molecule has 24 heavy (non-hydrogen) atoms. The molecule has 2 aromatic rings. The third kappa shape index (κ3) is 4.83. The Balaban J connectivity index is 2.08. The van der Waals surface area contributed by atoms with E-state index in [9.17, 15) is 4.79 Å². The van der Waals surface area contributed by atoms with E-state index in [1.165, 1.54) is 6.08 Å². The van der Waals surface area contributed by atoms with Crippen molar-refractivity contribution in [2.75, 3.05) is 19.0 Å². The van der Waals surface area contributed by atoms with Gasteiger partial charge in [0.2, 0.25) is 5.91 Å². The van der Waals surface area contributed by atoms with Crippen LogP contribution in [0.3, 0.4) is 0 Å². The molecule has 1 aromatic heterocycles. The number of halogens is 1. The lowest BCUT2D eigenvalue weighted by atomic mass is 10.2. The summed E-state index contributed by atoms with van der Waals surface area (Å²) in [6.07, 6.45) is 4.81. The number of carbonyl (C=O) groups is 1. The maximum atomic E-state index is 12.0. The minimum Gasteiger partial charge on any atom is -0.493 e. The zero-order valence-electron chi connectivity index (χ0n) is 13.8. The van der Waals surface area contributed by atoms with Crippen LogP contribution >= 0.6 is 15.9 Å². The van der Waals surface area contributed by atoms with E-state index >= 15 is 0 Å². The van der Waals surface area contributed by atoms with Crippen LogP contribution in [0.5, 0.6) is 11.5 Å². The third-order valence-electron chi connectivity index (χ3n) is 3.20. The molecule has 126 valence electrons. The van der Waals surface area contributed by atoms with Crippen molar-refractivity contribution in [2.45, 2.75) is 13.8 Å². The standard InChI is InChI=1S/C18H19BrN2O3/c1-4-24-15-7-5-13(10-16(15)23-3)6-8-17(22)21-18-12(2)9-14(19)11-20-18/h5-11H,4H2,1-3H3,(H,20,21,22)/b8-6+. The number of methoxy groups -OCH3 is 1. The molecule has 0 aliphatic rings. The number of hydrogen-bond donors (Lipinski definition) is 1. The van der Waals surface area contributed by atoms with Crippen LogP contribution in [0.1, 0.15) is 18.1 Å². The number of nitrogens with zero attached hydrogens (tertiary/aromatic N) is 1. The summed E-state index contributed by atoms with van der Waals surface area (Å²) in [4.78, 5) is 16.2. The summed E-state index contributed by atoms with van der Waals surface area (Å²) in [6, 6.07) is 7.39. The molecule has 1 amide bonds. The van der Waals surface area contributed by atoms with Crippen LogP contribution < -0.4 is 14.8 Å². The second-order valence-electron chi connectivity index (χ2n) is 4.98. The summed E-state index contributed by atoms with van der Waals surface area (Å²) in [5, 5.41) is 2.75. The molecule has 0 bridgehead atoms. The van der Waals surface area contributed by atoms with Gasteiger partial charge in [-0.3, -0.25) is 4.79 Å². The lowest BCUT2D eigenvalue weighted by molar-refractivity contribution is -0.111. The third-order valence-corrected chi connectivity index (χ3v) is 3.63. The SMILES string of the molecule is CCOc1ccc(/C=C/C(=O)Nc2ncc(Br)cc2C)cc1OC. The molecule has 0 unspecified atom stereocenters. The second-order valence-corrected chi connectivity index (χ2v) is 5.90. The fourth-order valence-electron chi connectivity index (χ4n) is 2.06. The van der Waals surface area contributed by atoms with E-state index in [4.69, 9.17) is 9.47 Å². The van der Waals surface area contributed by atoms with E-state index in [1.807, 2.05) is 38.1 Å². The van der Waals surface area contributed by atoms with Gasteiger partial charge in [-0.2, -0.15) is 0 Å². The lowest BCUT2D eigenvalue weighted by Gasteiger charge is -2.09. The predicted octanol–water partition coefficient (Wildman–Crippen LogP) is 4.21. The molecule has 1 heterocycles. The highest BCUT2D eigenvalue weighted by atomic mass is 79.9. The molecule has 0 radical (unpaired) electrons. The molecule has 5 nitrogen and oxygen atoms in total. The number of aromatic nitrogens is 1. The zero-order valence-corrected chi connectivity index (χ0v) is 15.4. The molecule has 6 heteroatoms. The number of hydrogen-bond acceptors (Lipinski definition) is 4. The molecule has 0 saturated heterocycles. The summed E-state index contributed by atoms with van der Waals surface area (Å²) in [5.74, 6) is 1.60. The molecular formula is C18H19BrN2O3. The summed E-state index contributed by atoms with van der Waals surface area (Å²) >= 11 is 3.34. The first kappa shape index (κ1) is 18.0. The van der Waals surface area contributed by atoms with Gasteiger partial charge in [0.05, 0.1) is 13.7 Å². The Kier molecular flexibility index (Phi) is 6.37. The first-order valence-electron chi connectivity index (χ1n) is 7.45. The maximum absolute atomic E-state index is 12.0. The maximum Gasteiger partial charge on any atom is 0.249 e. The van der Waals surface area contributed by atoms with Crippen molar-refractivity contribution in [3.8, 4) is 11.5 Å². The number of pyridine rings is 1. The van der Waals surface area contributed by atoms with E-state index < -0.39 is 0 Å². The molecule has 1 aromatic carbocycles. The normalized spacial score (nSPS) is 10.7. The van der Waals surface area contributed by atoms with E-state index in [0.29, 0.717) is 23.9 Å². The molecular weight excluding hydrogens is 372 g/mol. The molecule has 0 atom stereocenters. The average Bonchev–Trinajstić information content (AvgIpc) is 2.56. The Morgan fingerprint density at radius 3 is 2.79 bits per heavy atom. The fraction of sp³-hybridized carbons (Fsp3) is 0.222. The van der Waals surface area contributed by atoms with Crippen molar-refractivity contribution in [3.05, 3.63) is 52.1 Å². The molecule has 1 N–H and O–H groups in total. The van der Waals surface area contributed by atoms with Crippen LogP contribution in [0.15, 0.2) is 41.0 Å². The van der Waals surface area contributed by atoms with Gasteiger partial charge >= 0.3 is 0 Å². The van der Waals surface area contributed by atoms with E-state index in [-0.39, 0.29) is 5.91 Å². The number of ether oxygens (including phenoxy) is 2. The van der Waals surface area contributed by atoms with Crippen LogP contribution in [0, 0.1) is 6.92 Å². The highest BCUT2D eigenvalue weighted by Gasteiger charge is 2.06. The van der Waals surface area contributed by atoms with E-state index in [2.05, 4.69) is 26.2 Å². The van der Waals surface area contributed by atoms with Crippen LogP contribution in [0.25, 0.3) is 6.08 Å². The second kappa shape index (κ2) is 8.49. The topological polar surface area (TPSA) is 60.5 Å². The van der Waals surface area contributed by atoms with Crippen molar-refractivity contribution in [1.29, 1.82) is 0 Å². The quantitative estimate of drug-likeness (QED) is 0.750. The van der Waals surface area contributed by atoms with Gasteiger partial charge < -0.3 is 14.8 Å². The Labute approximate surface area is 149 Å². The molecule has 0 fully saturated rings. The van der Waals surface area contributed by atoms with Gasteiger partial charge in [-0.15, -0.1) is 0 Å². The van der Waals surface area contributed by atoms with Gasteiger partial charge in [0.15, 0.2) is 11.5 Å². The van der Waals surface area contributed by atoms with Gasteiger partial charge in [-0.1, -0.05) is 6.07 Å². The summed E-state index contributed by atoms with van der Waals surface area (Å²) < 4.78 is 11.6. The molecule has 0 saturated carbocycles. The van der Waals surface area contributed by atoms with Crippen molar-refractivity contribution in [1.82, 2.24) is 4.98 Å². The minimum atomic E-state index is -0.249. The van der Waals surface area contributed by atoms with Gasteiger partial charge in [-0.05, 0) is 65.2 Å². The average molecular weight is 391 g/mol. The number of benzene rings is 1. The van der Waals surface area contributed by atoms with Crippen molar-refractivity contribution in [2.24, 2.45) is 0 Å². The Morgan fingerprint density at radius 1 is 1.33 bits per heavy atom. The fourth-order valence-corrected chi connectivity index (χ4v) is 2.51. The Morgan fingerprint density at radius 2 is 2.12 bits per heavy atom. The van der Waals surface area contributed by atoms with E-state index in [1.54, 1.807) is 19.4 Å². The smallest absolute Gasteiger partial charge is 0.249 e. The monoisotopic (exact) mass is 390 g/mol. The van der Waals surface area contributed by atoms with Crippen LogP contribution in [0.2, 0.25) is 0 Å². The lowest BCUT2D eigenvalue weighted by Crippen LogP contribution is -2.10. The van der Waals surface area contributed by atoms with E-state index in [0.717, 1.165) is 15.6 Å². The number of aryl methyl sites for hydroxylation is 1. The highest BCUT2D eigenvalue weighted by Crippen LogP contribution is 2.28. The zero-order chi connectivity index (χ0) is 17.5. The summed E-state index contributed by atoms with van der Waals surface area (Å²) in [5.41, 5.74) is 1.72. The number of carbonyl (C=O) groups excluding carboxylic acids is 1. The molecule has 2 rings (SSSR count). The first-order chi connectivity index (χ1) is 11.5.